The Hall–Kier alpha value is -1.39. The molecule has 1 aromatic heterocycles. The fourth-order valence-electron chi connectivity index (χ4n) is 1.98. The summed E-state index contributed by atoms with van der Waals surface area (Å²) in [4.78, 5) is 10.0. The van der Waals surface area contributed by atoms with Crippen molar-refractivity contribution >= 4 is 11.8 Å². The summed E-state index contributed by atoms with van der Waals surface area (Å²) in [6.07, 6.45) is 2.95. The van der Waals surface area contributed by atoms with Gasteiger partial charge < -0.3 is 5.32 Å². The van der Waals surface area contributed by atoms with E-state index in [-0.39, 0.29) is 0 Å². The molecule has 0 radical (unpaired) electrons. The van der Waals surface area contributed by atoms with E-state index in [2.05, 4.69) is 53.4 Å². The highest BCUT2D eigenvalue weighted by Crippen LogP contribution is 2.31. The molecule has 1 heterocycles. The molecule has 2 rings (SSSR count). The third-order valence-corrected chi connectivity index (χ3v) is 4.03. The maximum atomic E-state index is 4.46. The van der Waals surface area contributed by atoms with Crippen molar-refractivity contribution in [3.8, 4) is 0 Å². The Bertz CT molecular complexity index is 557. The second-order valence-corrected chi connectivity index (χ2v) is 5.81. The van der Waals surface area contributed by atoms with Crippen LogP contribution in [0.15, 0.2) is 46.6 Å². The molecule has 4 heteroatoms. The van der Waals surface area contributed by atoms with Gasteiger partial charge in [-0.15, -0.1) is 0 Å². The molecule has 0 amide bonds. The van der Waals surface area contributed by atoms with E-state index in [0.717, 1.165) is 23.8 Å². The maximum Gasteiger partial charge on any atom is 0.192 e. The number of hydrogen-bond donors (Lipinski definition) is 1. The smallest absolute Gasteiger partial charge is 0.192 e. The minimum atomic E-state index is 0.337. The summed E-state index contributed by atoms with van der Waals surface area (Å²) in [7, 11) is 0. The van der Waals surface area contributed by atoms with E-state index in [0.29, 0.717) is 6.04 Å². The van der Waals surface area contributed by atoms with Gasteiger partial charge in [-0.25, -0.2) is 9.97 Å². The molecule has 20 heavy (non-hydrogen) atoms. The fraction of sp³-hybridized carbons (Fsp3) is 0.375. The topological polar surface area (TPSA) is 37.8 Å². The van der Waals surface area contributed by atoms with E-state index < -0.39 is 0 Å². The van der Waals surface area contributed by atoms with Crippen molar-refractivity contribution in [1.82, 2.24) is 15.3 Å². The predicted octanol–water partition coefficient (Wildman–Crippen LogP) is 4.00. The number of aryl methyl sites for hydroxylation is 1. The van der Waals surface area contributed by atoms with Crippen LogP contribution in [0.3, 0.4) is 0 Å². The van der Waals surface area contributed by atoms with E-state index >= 15 is 0 Å². The molecule has 1 atom stereocenters. The highest BCUT2D eigenvalue weighted by atomic mass is 32.2. The lowest BCUT2D eigenvalue weighted by atomic mass is 10.1. The summed E-state index contributed by atoms with van der Waals surface area (Å²) in [5.74, 6) is 0. The molecule has 1 N–H and O–H groups in total. The summed E-state index contributed by atoms with van der Waals surface area (Å²) in [5.41, 5.74) is 2.30. The van der Waals surface area contributed by atoms with Gasteiger partial charge in [0.15, 0.2) is 5.16 Å². The lowest BCUT2D eigenvalue weighted by Gasteiger charge is -2.17. The molecular weight excluding hydrogens is 266 g/mol. The van der Waals surface area contributed by atoms with Crippen LogP contribution in [0.4, 0.5) is 0 Å². The Labute approximate surface area is 125 Å². The van der Waals surface area contributed by atoms with Crippen LogP contribution in [0.25, 0.3) is 0 Å². The molecule has 3 nitrogen and oxygen atoms in total. The van der Waals surface area contributed by atoms with Gasteiger partial charge in [0, 0.05) is 22.8 Å². The average molecular weight is 287 g/mol. The molecule has 106 valence electrons. The Balaban J connectivity index is 2.19. The van der Waals surface area contributed by atoms with Crippen molar-refractivity contribution in [1.29, 1.82) is 0 Å². The normalized spacial score (nSPS) is 12.3. The zero-order valence-corrected chi connectivity index (χ0v) is 13.1. The SMILES string of the molecule is CCCNC(C)c1ccccc1Sc1nccc(C)n1. The van der Waals surface area contributed by atoms with Gasteiger partial charge in [-0.2, -0.15) is 0 Å². The van der Waals surface area contributed by atoms with Gasteiger partial charge in [0.05, 0.1) is 0 Å². The Morgan fingerprint density at radius 1 is 1.25 bits per heavy atom. The fourth-order valence-corrected chi connectivity index (χ4v) is 2.98. The first kappa shape index (κ1) is 15.0. The van der Waals surface area contributed by atoms with Crippen molar-refractivity contribution in [2.45, 2.75) is 43.3 Å². The van der Waals surface area contributed by atoms with Crippen LogP contribution < -0.4 is 5.32 Å². The van der Waals surface area contributed by atoms with Gasteiger partial charge in [-0.3, -0.25) is 0 Å². The Morgan fingerprint density at radius 2 is 2.05 bits per heavy atom. The Kier molecular flexibility index (Phi) is 5.56. The number of nitrogens with zero attached hydrogens (tertiary/aromatic N) is 2. The molecule has 0 saturated carbocycles. The lowest BCUT2D eigenvalue weighted by molar-refractivity contribution is 0.564. The summed E-state index contributed by atoms with van der Waals surface area (Å²) >= 11 is 1.63. The number of nitrogens with one attached hydrogen (secondary N) is 1. The van der Waals surface area contributed by atoms with Crippen LogP contribution in [0, 0.1) is 6.92 Å². The third-order valence-electron chi connectivity index (χ3n) is 3.06. The van der Waals surface area contributed by atoms with Gasteiger partial charge in [-0.05, 0) is 56.3 Å². The van der Waals surface area contributed by atoms with E-state index in [1.165, 1.54) is 10.5 Å². The summed E-state index contributed by atoms with van der Waals surface area (Å²) in [6.45, 7) is 7.40. The largest absolute Gasteiger partial charge is 0.310 e. The minimum Gasteiger partial charge on any atom is -0.310 e. The second-order valence-electron chi connectivity index (χ2n) is 4.80. The number of benzene rings is 1. The monoisotopic (exact) mass is 287 g/mol. The molecule has 0 aliphatic carbocycles. The van der Waals surface area contributed by atoms with E-state index in [4.69, 9.17) is 0 Å². The molecule has 0 fully saturated rings. The van der Waals surface area contributed by atoms with Crippen LogP contribution in [-0.2, 0) is 0 Å². The highest BCUT2D eigenvalue weighted by Gasteiger charge is 2.11. The molecule has 0 saturated heterocycles. The minimum absolute atomic E-state index is 0.337. The standard InChI is InChI=1S/C16H21N3S/c1-4-10-17-13(3)14-7-5-6-8-15(14)20-16-18-11-9-12(2)19-16/h5-9,11,13,17H,4,10H2,1-3H3. The molecule has 1 aromatic carbocycles. The van der Waals surface area contributed by atoms with Gasteiger partial charge >= 0.3 is 0 Å². The van der Waals surface area contributed by atoms with Gasteiger partial charge in [-0.1, -0.05) is 25.1 Å². The average Bonchev–Trinajstić information content (AvgIpc) is 2.45. The highest BCUT2D eigenvalue weighted by molar-refractivity contribution is 7.99. The third kappa shape index (κ3) is 4.05. The summed E-state index contributed by atoms with van der Waals surface area (Å²) < 4.78 is 0. The van der Waals surface area contributed by atoms with Crippen molar-refractivity contribution in [3.05, 3.63) is 47.8 Å². The van der Waals surface area contributed by atoms with Crippen LogP contribution in [-0.4, -0.2) is 16.5 Å². The first-order chi connectivity index (χ1) is 9.70. The summed E-state index contributed by atoms with van der Waals surface area (Å²) in [5, 5.41) is 4.34. The first-order valence-electron chi connectivity index (χ1n) is 7.00. The van der Waals surface area contributed by atoms with Crippen LogP contribution in [0.2, 0.25) is 0 Å². The van der Waals surface area contributed by atoms with Crippen molar-refractivity contribution < 1.29 is 0 Å². The number of hydrogen-bond acceptors (Lipinski definition) is 4. The van der Waals surface area contributed by atoms with Gasteiger partial charge in [0.25, 0.3) is 0 Å². The number of aromatic nitrogens is 2. The molecule has 0 aliphatic heterocycles. The molecule has 0 bridgehead atoms. The van der Waals surface area contributed by atoms with Crippen LogP contribution >= 0.6 is 11.8 Å². The van der Waals surface area contributed by atoms with Crippen LogP contribution in [0.1, 0.15) is 37.6 Å². The number of rotatable bonds is 6. The first-order valence-corrected chi connectivity index (χ1v) is 7.82. The molecule has 1 unspecified atom stereocenters. The molecule has 0 spiro atoms. The predicted molar refractivity (Wildman–Crippen MR) is 84.0 cm³/mol. The lowest BCUT2D eigenvalue weighted by Crippen LogP contribution is -2.19. The molecule has 0 aliphatic rings. The zero-order valence-electron chi connectivity index (χ0n) is 12.3. The van der Waals surface area contributed by atoms with Crippen molar-refractivity contribution in [2.24, 2.45) is 0 Å². The van der Waals surface area contributed by atoms with Gasteiger partial charge in [0.2, 0.25) is 0 Å². The zero-order chi connectivity index (χ0) is 14.4. The quantitative estimate of drug-likeness (QED) is 0.815. The second kappa shape index (κ2) is 7.41. The van der Waals surface area contributed by atoms with Crippen molar-refractivity contribution in [2.75, 3.05) is 6.54 Å². The van der Waals surface area contributed by atoms with E-state index in [9.17, 15) is 0 Å². The van der Waals surface area contributed by atoms with E-state index in [1.54, 1.807) is 11.8 Å². The van der Waals surface area contributed by atoms with Crippen LogP contribution in [0.5, 0.6) is 0 Å². The maximum absolute atomic E-state index is 4.46. The van der Waals surface area contributed by atoms with Gasteiger partial charge in [0.1, 0.15) is 0 Å². The Morgan fingerprint density at radius 3 is 2.80 bits per heavy atom. The molecular formula is C16H21N3S. The van der Waals surface area contributed by atoms with E-state index in [1.807, 2.05) is 19.2 Å². The molecule has 2 aromatic rings. The van der Waals surface area contributed by atoms with Crippen molar-refractivity contribution in [3.63, 3.8) is 0 Å². The summed E-state index contributed by atoms with van der Waals surface area (Å²) in [6, 6.07) is 10.7.